The molecule has 4 nitrogen and oxygen atoms in total. The Bertz CT molecular complexity index is 773. The first-order valence-electron chi connectivity index (χ1n) is 5.78. The minimum atomic E-state index is -0.442. The molecule has 0 saturated heterocycles. The van der Waals surface area contributed by atoms with Crippen molar-refractivity contribution in [3.05, 3.63) is 53.0 Å². The lowest BCUT2D eigenvalue weighted by atomic mass is 10.0. The molecule has 0 amide bonds. The molecule has 20 heavy (non-hydrogen) atoms. The third-order valence-corrected chi connectivity index (χ3v) is 3.53. The lowest BCUT2D eigenvalue weighted by Crippen LogP contribution is -1.90. The maximum atomic E-state index is 13.3. The Morgan fingerprint density at radius 2 is 2.00 bits per heavy atom. The standard InChI is InChI=1S/C14H9BrFN3O/c15-11-4-2-1-3-10(11)12-13(19-20-14(12)17)8-5-9(16)7-18-6-8/h1-7H,17H2. The van der Waals surface area contributed by atoms with Gasteiger partial charge in [0.2, 0.25) is 5.88 Å². The van der Waals surface area contributed by atoms with E-state index in [1.165, 1.54) is 12.3 Å². The van der Waals surface area contributed by atoms with Crippen LogP contribution in [0.4, 0.5) is 10.3 Å². The average Bonchev–Trinajstić information content (AvgIpc) is 2.81. The molecule has 0 bridgehead atoms. The molecular weight excluding hydrogens is 325 g/mol. The van der Waals surface area contributed by atoms with E-state index in [-0.39, 0.29) is 5.88 Å². The predicted octanol–water partition coefficient (Wildman–Crippen LogP) is 3.89. The number of rotatable bonds is 2. The Morgan fingerprint density at radius 3 is 2.75 bits per heavy atom. The number of nitrogens with zero attached hydrogens (tertiary/aromatic N) is 2. The fraction of sp³-hybridized carbons (Fsp3) is 0. The number of nitrogen functional groups attached to an aromatic ring is 1. The summed E-state index contributed by atoms with van der Waals surface area (Å²) in [6, 6.07) is 8.87. The molecule has 0 unspecified atom stereocenters. The highest BCUT2D eigenvalue weighted by atomic mass is 79.9. The van der Waals surface area contributed by atoms with Gasteiger partial charge in [-0.05, 0) is 12.1 Å². The molecule has 0 spiro atoms. The molecule has 0 aliphatic rings. The van der Waals surface area contributed by atoms with Crippen LogP contribution in [0.3, 0.4) is 0 Å². The zero-order valence-corrected chi connectivity index (χ0v) is 11.8. The van der Waals surface area contributed by atoms with E-state index in [9.17, 15) is 4.39 Å². The number of hydrogen-bond acceptors (Lipinski definition) is 4. The van der Waals surface area contributed by atoms with Crippen LogP contribution in [-0.4, -0.2) is 10.1 Å². The summed E-state index contributed by atoms with van der Waals surface area (Å²) >= 11 is 3.46. The second-order valence-corrected chi connectivity index (χ2v) is 5.00. The Hall–Kier alpha value is -2.21. The van der Waals surface area contributed by atoms with E-state index >= 15 is 0 Å². The van der Waals surface area contributed by atoms with Crippen molar-refractivity contribution < 1.29 is 8.91 Å². The van der Waals surface area contributed by atoms with Gasteiger partial charge in [-0.1, -0.05) is 39.3 Å². The lowest BCUT2D eigenvalue weighted by molar-refractivity contribution is 0.439. The molecule has 3 rings (SSSR count). The maximum absolute atomic E-state index is 13.3. The molecular formula is C14H9BrFN3O. The monoisotopic (exact) mass is 333 g/mol. The zero-order valence-electron chi connectivity index (χ0n) is 10.2. The quantitative estimate of drug-likeness (QED) is 0.772. The molecule has 0 atom stereocenters. The van der Waals surface area contributed by atoms with Crippen molar-refractivity contribution in [3.8, 4) is 22.4 Å². The van der Waals surface area contributed by atoms with Crippen LogP contribution in [-0.2, 0) is 0 Å². The third kappa shape index (κ3) is 2.18. The third-order valence-electron chi connectivity index (χ3n) is 2.84. The van der Waals surface area contributed by atoms with E-state index in [4.69, 9.17) is 10.3 Å². The number of nitrogens with two attached hydrogens (primary N) is 1. The van der Waals surface area contributed by atoms with Gasteiger partial charge >= 0.3 is 0 Å². The average molecular weight is 334 g/mol. The van der Waals surface area contributed by atoms with Gasteiger partial charge in [0.05, 0.1) is 11.8 Å². The lowest BCUT2D eigenvalue weighted by Gasteiger charge is -2.05. The van der Waals surface area contributed by atoms with Gasteiger partial charge in [0, 0.05) is 21.8 Å². The summed E-state index contributed by atoms with van der Waals surface area (Å²) in [5.74, 6) is -0.265. The highest BCUT2D eigenvalue weighted by Gasteiger charge is 2.19. The Balaban J connectivity index is 2.23. The normalized spacial score (nSPS) is 10.7. The molecule has 6 heteroatoms. The van der Waals surface area contributed by atoms with Crippen LogP contribution in [0.2, 0.25) is 0 Å². The van der Waals surface area contributed by atoms with E-state index in [0.29, 0.717) is 16.8 Å². The van der Waals surface area contributed by atoms with Crippen molar-refractivity contribution in [1.82, 2.24) is 10.1 Å². The van der Waals surface area contributed by atoms with Gasteiger partial charge in [0.1, 0.15) is 11.5 Å². The molecule has 0 saturated carbocycles. The van der Waals surface area contributed by atoms with Gasteiger partial charge in [-0.15, -0.1) is 0 Å². The fourth-order valence-corrected chi connectivity index (χ4v) is 2.45. The first-order valence-corrected chi connectivity index (χ1v) is 6.57. The van der Waals surface area contributed by atoms with Gasteiger partial charge in [0.15, 0.2) is 0 Å². The summed E-state index contributed by atoms with van der Waals surface area (Å²) in [5.41, 5.74) is 8.26. The van der Waals surface area contributed by atoms with Crippen LogP contribution >= 0.6 is 15.9 Å². The number of halogens is 2. The second kappa shape index (κ2) is 5.05. The van der Waals surface area contributed by atoms with Crippen LogP contribution in [0.15, 0.2) is 51.7 Å². The topological polar surface area (TPSA) is 64.9 Å². The molecule has 0 aliphatic carbocycles. The summed E-state index contributed by atoms with van der Waals surface area (Å²) in [7, 11) is 0. The van der Waals surface area contributed by atoms with Crippen LogP contribution < -0.4 is 5.73 Å². The van der Waals surface area contributed by atoms with Crippen LogP contribution in [0, 0.1) is 5.82 Å². The molecule has 2 N–H and O–H groups in total. The van der Waals surface area contributed by atoms with Crippen molar-refractivity contribution in [2.45, 2.75) is 0 Å². The van der Waals surface area contributed by atoms with Gasteiger partial charge in [-0.3, -0.25) is 4.98 Å². The minimum absolute atomic E-state index is 0.177. The molecule has 2 heterocycles. The zero-order chi connectivity index (χ0) is 14.1. The summed E-state index contributed by atoms with van der Waals surface area (Å²) < 4.78 is 19.2. The summed E-state index contributed by atoms with van der Waals surface area (Å²) in [6.45, 7) is 0. The van der Waals surface area contributed by atoms with Gasteiger partial charge in [-0.25, -0.2) is 4.39 Å². The van der Waals surface area contributed by atoms with Gasteiger partial charge in [-0.2, -0.15) is 0 Å². The number of pyridine rings is 1. The van der Waals surface area contributed by atoms with E-state index in [1.807, 2.05) is 24.3 Å². The molecule has 2 aromatic heterocycles. The van der Waals surface area contributed by atoms with Crippen molar-refractivity contribution in [2.75, 3.05) is 5.73 Å². The molecule has 100 valence electrons. The molecule has 0 aliphatic heterocycles. The predicted molar refractivity (Wildman–Crippen MR) is 77.2 cm³/mol. The number of hydrogen-bond donors (Lipinski definition) is 1. The minimum Gasteiger partial charge on any atom is -0.367 e. The highest BCUT2D eigenvalue weighted by Crippen LogP contribution is 2.39. The first-order chi connectivity index (χ1) is 9.66. The van der Waals surface area contributed by atoms with Gasteiger partial charge < -0.3 is 10.3 Å². The highest BCUT2D eigenvalue weighted by molar-refractivity contribution is 9.10. The fourth-order valence-electron chi connectivity index (χ4n) is 1.97. The maximum Gasteiger partial charge on any atom is 0.230 e. The van der Waals surface area contributed by atoms with Crippen molar-refractivity contribution in [2.24, 2.45) is 0 Å². The van der Waals surface area contributed by atoms with Crippen LogP contribution in [0.1, 0.15) is 0 Å². The SMILES string of the molecule is Nc1onc(-c2cncc(F)c2)c1-c1ccccc1Br. The summed E-state index contributed by atoms with van der Waals surface area (Å²) in [6.07, 6.45) is 2.64. The molecule has 0 fully saturated rings. The summed E-state index contributed by atoms with van der Waals surface area (Å²) in [5, 5.41) is 3.92. The molecule has 3 aromatic rings. The molecule has 0 radical (unpaired) electrons. The van der Waals surface area contributed by atoms with Crippen molar-refractivity contribution in [1.29, 1.82) is 0 Å². The summed E-state index contributed by atoms with van der Waals surface area (Å²) in [4.78, 5) is 3.82. The number of benzene rings is 1. The Morgan fingerprint density at radius 1 is 1.20 bits per heavy atom. The second-order valence-electron chi connectivity index (χ2n) is 4.14. The number of anilines is 1. The van der Waals surface area contributed by atoms with Gasteiger partial charge in [0.25, 0.3) is 0 Å². The van der Waals surface area contributed by atoms with Crippen LogP contribution in [0.5, 0.6) is 0 Å². The molecule has 1 aromatic carbocycles. The smallest absolute Gasteiger partial charge is 0.230 e. The van der Waals surface area contributed by atoms with Crippen molar-refractivity contribution >= 4 is 21.8 Å². The van der Waals surface area contributed by atoms with E-state index in [0.717, 1.165) is 16.2 Å². The first kappa shape index (κ1) is 12.8. The van der Waals surface area contributed by atoms with Crippen molar-refractivity contribution in [3.63, 3.8) is 0 Å². The van der Waals surface area contributed by atoms with E-state index in [2.05, 4.69) is 26.1 Å². The Labute approximate surface area is 122 Å². The Kier molecular flexibility index (Phi) is 3.23. The van der Waals surface area contributed by atoms with E-state index < -0.39 is 5.82 Å². The van der Waals surface area contributed by atoms with E-state index in [1.54, 1.807) is 0 Å². The van der Waals surface area contributed by atoms with Crippen LogP contribution in [0.25, 0.3) is 22.4 Å². The largest absolute Gasteiger partial charge is 0.367 e. The number of aromatic nitrogens is 2.